The van der Waals surface area contributed by atoms with E-state index in [9.17, 15) is 43.2 Å². The van der Waals surface area contributed by atoms with Gasteiger partial charge >= 0.3 is 30.0 Å². The Labute approximate surface area is 324 Å². The summed E-state index contributed by atoms with van der Waals surface area (Å²) in [6, 6.07) is 16.8. The third kappa shape index (κ3) is 12.8. The topological polar surface area (TPSA) is 268 Å². The molecular formula is C37H38N6O14. The van der Waals surface area contributed by atoms with E-state index in [0.717, 1.165) is 5.56 Å². The second-order valence-corrected chi connectivity index (χ2v) is 12.1. The molecule has 9 amide bonds. The predicted octanol–water partition coefficient (Wildman–Crippen LogP) is 2.21. The maximum atomic E-state index is 11.8. The first kappa shape index (κ1) is 42.2. The molecule has 3 aliphatic rings. The molecule has 300 valence electrons. The normalized spacial score (nSPS) is 15.1. The number of carboxylic acids is 2. The molecule has 3 fully saturated rings. The quantitative estimate of drug-likeness (QED) is 0.165. The van der Waals surface area contributed by atoms with Gasteiger partial charge in [-0.2, -0.15) is 0 Å². The van der Waals surface area contributed by atoms with Gasteiger partial charge in [0.2, 0.25) is 17.7 Å². The zero-order valence-corrected chi connectivity index (χ0v) is 30.4. The summed E-state index contributed by atoms with van der Waals surface area (Å²) >= 11 is 0. The number of carboxylic acid groups (broad SMARTS) is 2. The molecule has 3 saturated heterocycles. The van der Waals surface area contributed by atoms with Gasteiger partial charge in [0.15, 0.2) is 19.5 Å². The smallest absolute Gasteiger partial charge is 0.341 e. The number of anilines is 3. The Bertz CT molecular complexity index is 2040. The molecule has 3 aromatic carbocycles. The summed E-state index contributed by atoms with van der Waals surface area (Å²) in [6.45, 7) is 1.79. The lowest BCUT2D eigenvalue weighted by atomic mass is 10.1. The van der Waals surface area contributed by atoms with Crippen molar-refractivity contribution in [2.75, 3.05) is 54.2 Å². The fraction of sp³-hybridized carbons (Fsp3) is 0.270. The van der Waals surface area contributed by atoms with Crippen LogP contribution in [0.5, 0.6) is 17.2 Å². The fourth-order valence-corrected chi connectivity index (χ4v) is 5.29. The standard InChI is InChI=1S/C13H14N2O5.C12H12N2O5.C12H12N2O4/c1-8-2-3-9(20-7-12(17)18)6-10(8)15-5-4-11(16)14-13(15)19;15-10-4-5-14(12(18)13-10)8-2-1-3-9(6-8)19-7-11(16)17;15-6-7-18-10-3-1-2-9(8-10)14-5-4-11(16)13-12(14)17/h2-3,6H,4-5,7H2,1H3,(H,17,18)(H,14,16,19);1-3,6H,4-5,7H2,(H,16,17)(H,13,15,18);1-3,6,8H,4-5,7H2,(H,13,16,17). The molecule has 0 unspecified atom stereocenters. The van der Waals surface area contributed by atoms with E-state index < -0.39 is 43.2 Å². The number of ether oxygens (including phenoxy) is 3. The largest absolute Gasteiger partial charge is 0.486 e. The Hall–Kier alpha value is -7.51. The van der Waals surface area contributed by atoms with Crippen molar-refractivity contribution in [3.05, 3.63) is 72.3 Å². The number of nitrogens with zero attached hydrogens (tertiary/aromatic N) is 3. The Morgan fingerprint density at radius 3 is 1.46 bits per heavy atom. The number of amides is 9. The monoisotopic (exact) mass is 790 g/mol. The highest BCUT2D eigenvalue weighted by molar-refractivity contribution is 6.07. The second-order valence-electron chi connectivity index (χ2n) is 12.1. The van der Waals surface area contributed by atoms with Crippen molar-refractivity contribution in [2.24, 2.45) is 0 Å². The van der Waals surface area contributed by atoms with E-state index in [2.05, 4.69) is 16.0 Å². The molecule has 0 aliphatic carbocycles. The van der Waals surface area contributed by atoms with Crippen molar-refractivity contribution in [3.63, 3.8) is 0 Å². The van der Waals surface area contributed by atoms with E-state index in [-0.39, 0.29) is 56.7 Å². The molecule has 0 saturated carbocycles. The number of carbonyl (C=O) groups excluding carboxylic acids is 7. The van der Waals surface area contributed by atoms with Gasteiger partial charge < -0.3 is 24.4 Å². The number of carbonyl (C=O) groups is 9. The van der Waals surface area contributed by atoms with Gasteiger partial charge in [-0.05, 0) is 42.8 Å². The van der Waals surface area contributed by atoms with Crippen LogP contribution in [0.25, 0.3) is 0 Å². The van der Waals surface area contributed by atoms with Crippen LogP contribution in [0.1, 0.15) is 24.8 Å². The molecular weight excluding hydrogens is 752 g/mol. The van der Waals surface area contributed by atoms with Gasteiger partial charge in [0.05, 0.1) is 5.69 Å². The average molecular weight is 791 g/mol. The van der Waals surface area contributed by atoms with Crippen LogP contribution in [-0.2, 0) is 28.8 Å². The molecule has 0 bridgehead atoms. The van der Waals surface area contributed by atoms with E-state index in [1.165, 1.54) is 14.7 Å². The van der Waals surface area contributed by atoms with Gasteiger partial charge in [0.25, 0.3) is 0 Å². The Morgan fingerprint density at radius 2 is 1.04 bits per heavy atom. The molecule has 0 aromatic heterocycles. The molecule has 57 heavy (non-hydrogen) atoms. The molecule has 3 aliphatic heterocycles. The molecule has 20 heteroatoms. The number of imide groups is 3. The molecule has 3 heterocycles. The lowest BCUT2D eigenvalue weighted by Crippen LogP contribution is -2.49. The number of rotatable bonds is 12. The van der Waals surface area contributed by atoms with Crippen molar-refractivity contribution in [2.45, 2.75) is 26.2 Å². The molecule has 0 radical (unpaired) electrons. The summed E-state index contributed by atoms with van der Waals surface area (Å²) in [5.41, 5.74) is 2.60. The van der Waals surface area contributed by atoms with Crippen molar-refractivity contribution in [1.29, 1.82) is 0 Å². The summed E-state index contributed by atoms with van der Waals surface area (Å²) in [4.78, 5) is 104. The Balaban J connectivity index is 0.000000190. The third-order valence-electron chi connectivity index (χ3n) is 7.93. The number of aryl methyl sites for hydroxylation is 1. The summed E-state index contributed by atoms with van der Waals surface area (Å²) in [5, 5.41) is 23.8. The summed E-state index contributed by atoms with van der Waals surface area (Å²) < 4.78 is 15.3. The maximum Gasteiger partial charge on any atom is 0.341 e. The minimum atomic E-state index is -1.08. The van der Waals surface area contributed by atoms with Gasteiger partial charge in [-0.25, -0.2) is 24.0 Å². The van der Waals surface area contributed by atoms with Crippen LogP contribution in [0.3, 0.4) is 0 Å². The lowest BCUT2D eigenvalue weighted by molar-refractivity contribution is -0.140. The number of nitrogens with one attached hydrogen (secondary N) is 3. The van der Waals surface area contributed by atoms with Crippen LogP contribution in [0.2, 0.25) is 0 Å². The van der Waals surface area contributed by atoms with Crippen molar-refractivity contribution in [1.82, 2.24) is 16.0 Å². The number of hydrogen-bond acceptors (Lipinski definition) is 12. The van der Waals surface area contributed by atoms with Gasteiger partial charge in [0, 0.05) is 68.5 Å². The van der Waals surface area contributed by atoms with Gasteiger partial charge in [-0.1, -0.05) is 18.2 Å². The lowest BCUT2D eigenvalue weighted by Gasteiger charge is -2.28. The molecule has 0 atom stereocenters. The summed E-state index contributed by atoms with van der Waals surface area (Å²) in [6.07, 6.45) is 1.38. The molecule has 20 nitrogen and oxygen atoms in total. The average Bonchev–Trinajstić information content (AvgIpc) is 3.17. The first-order valence-electron chi connectivity index (χ1n) is 17.1. The van der Waals surface area contributed by atoms with Gasteiger partial charge in [-0.15, -0.1) is 0 Å². The predicted molar refractivity (Wildman–Crippen MR) is 198 cm³/mol. The van der Waals surface area contributed by atoms with Crippen LogP contribution >= 0.6 is 0 Å². The van der Waals surface area contributed by atoms with E-state index in [1.807, 2.05) is 6.92 Å². The minimum Gasteiger partial charge on any atom is -0.486 e. The third-order valence-corrected chi connectivity index (χ3v) is 7.93. The van der Waals surface area contributed by atoms with E-state index >= 15 is 0 Å². The van der Waals surface area contributed by atoms with E-state index in [1.54, 1.807) is 66.7 Å². The number of aldehydes is 1. The number of benzene rings is 3. The highest BCUT2D eigenvalue weighted by Gasteiger charge is 2.27. The maximum absolute atomic E-state index is 11.8. The van der Waals surface area contributed by atoms with E-state index in [0.29, 0.717) is 47.1 Å². The van der Waals surface area contributed by atoms with Crippen LogP contribution in [-0.4, -0.2) is 104 Å². The van der Waals surface area contributed by atoms with Crippen LogP contribution in [0, 0.1) is 6.92 Å². The summed E-state index contributed by atoms with van der Waals surface area (Å²) in [7, 11) is 0. The first-order valence-corrected chi connectivity index (χ1v) is 17.1. The van der Waals surface area contributed by atoms with Crippen molar-refractivity contribution in [3.8, 4) is 17.2 Å². The van der Waals surface area contributed by atoms with Gasteiger partial charge in [-0.3, -0.25) is 49.8 Å². The highest BCUT2D eigenvalue weighted by atomic mass is 16.5. The Morgan fingerprint density at radius 1 is 0.614 bits per heavy atom. The number of aliphatic carboxylic acids is 2. The Kier molecular flexibility index (Phi) is 15.0. The van der Waals surface area contributed by atoms with Crippen molar-refractivity contribution >= 4 is 71.1 Å². The molecule has 5 N–H and O–H groups in total. The first-order chi connectivity index (χ1) is 27.2. The molecule has 0 spiro atoms. The minimum absolute atomic E-state index is 0.0336. The van der Waals surface area contributed by atoms with Crippen LogP contribution in [0.4, 0.5) is 31.4 Å². The number of urea groups is 3. The SMILES string of the molecule is Cc1ccc(OCC(=O)O)cc1N1CCC(=O)NC1=O.O=C(O)COc1cccc(N2CCC(=O)NC2=O)c1.O=CCOc1cccc(N2CCC(=O)NC2=O)c1. The molecule has 6 rings (SSSR count). The second kappa shape index (κ2) is 20.2. The van der Waals surface area contributed by atoms with E-state index in [4.69, 9.17) is 24.4 Å². The number of hydrogen-bond donors (Lipinski definition) is 5. The zero-order valence-electron chi connectivity index (χ0n) is 30.4. The zero-order chi connectivity index (χ0) is 41.5. The highest BCUT2D eigenvalue weighted by Crippen LogP contribution is 2.27. The molecule has 3 aromatic rings. The van der Waals surface area contributed by atoms with Crippen LogP contribution < -0.4 is 44.9 Å². The van der Waals surface area contributed by atoms with Crippen LogP contribution in [0.15, 0.2) is 66.7 Å². The van der Waals surface area contributed by atoms with Crippen molar-refractivity contribution < 1.29 is 67.6 Å². The summed E-state index contributed by atoms with van der Waals surface area (Å²) in [5.74, 6) is -1.82. The van der Waals surface area contributed by atoms with Gasteiger partial charge in [0.1, 0.15) is 23.9 Å². The fourth-order valence-electron chi connectivity index (χ4n) is 5.29.